The Morgan fingerprint density at radius 1 is 1.15 bits per heavy atom. The van der Waals surface area contributed by atoms with Gasteiger partial charge in [-0.05, 0) is 43.0 Å². The quantitative estimate of drug-likeness (QED) is 0.771. The lowest BCUT2D eigenvalue weighted by Crippen LogP contribution is -2.35. The number of hydrogen-bond acceptors (Lipinski definition) is 3. The maximum atomic E-state index is 13.6. The number of sulfonamides is 1. The lowest BCUT2D eigenvalue weighted by Gasteiger charge is -2.31. The predicted molar refractivity (Wildman–Crippen MR) is 105 cm³/mol. The molecule has 0 amide bonds. The molecule has 0 atom stereocenters. The number of benzene rings is 2. The van der Waals surface area contributed by atoms with Gasteiger partial charge < -0.3 is 10.3 Å². The predicted octanol–water partition coefficient (Wildman–Crippen LogP) is 3.09. The number of rotatable bonds is 3. The average molecular weight is 369 g/mol. The van der Waals surface area contributed by atoms with E-state index in [-0.39, 0.29) is 0 Å². The first-order valence-corrected chi connectivity index (χ1v) is 10.3. The van der Waals surface area contributed by atoms with Gasteiger partial charge in [-0.3, -0.25) is 4.31 Å². The van der Waals surface area contributed by atoms with Gasteiger partial charge in [-0.15, -0.1) is 0 Å². The van der Waals surface area contributed by atoms with Crippen molar-refractivity contribution in [3.8, 4) is 0 Å². The van der Waals surface area contributed by atoms with Crippen molar-refractivity contribution in [1.82, 2.24) is 4.57 Å². The third kappa shape index (κ3) is 2.44. The molecular formula is C20H23N3O2S. The summed E-state index contributed by atoms with van der Waals surface area (Å²) in [6.07, 6.45) is 1.69. The van der Waals surface area contributed by atoms with Crippen LogP contribution < -0.4 is 10.0 Å². The van der Waals surface area contributed by atoms with E-state index in [1.807, 2.05) is 61.0 Å². The van der Waals surface area contributed by atoms with Crippen molar-refractivity contribution in [2.45, 2.75) is 31.2 Å². The van der Waals surface area contributed by atoms with Crippen molar-refractivity contribution in [1.29, 1.82) is 0 Å². The van der Waals surface area contributed by atoms with Crippen LogP contribution in [0.5, 0.6) is 0 Å². The van der Waals surface area contributed by atoms with Gasteiger partial charge in [-0.2, -0.15) is 0 Å². The van der Waals surface area contributed by atoms with E-state index >= 15 is 0 Å². The average Bonchev–Trinajstić information content (AvgIpc) is 2.92. The summed E-state index contributed by atoms with van der Waals surface area (Å²) in [6, 6.07) is 13.5. The normalized spacial score (nSPS) is 14.7. The number of nitrogens with zero attached hydrogens (tertiary/aromatic N) is 2. The Morgan fingerprint density at radius 2 is 1.92 bits per heavy atom. The molecule has 136 valence electrons. The van der Waals surface area contributed by atoms with Crippen LogP contribution in [-0.2, 0) is 30.0 Å². The Labute approximate surface area is 154 Å². The molecule has 1 aromatic heterocycles. The summed E-state index contributed by atoms with van der Waals surface area (Å²) in [4.78, 5) is 0.409. The molecule has 0 saturated heterocycles. The highest BCUT2D eigenvalue weighted by atomic mass is 32.2. The highest BCUT2D eigenvalue weighted by Crippen LogP contribution is 2.37. The molecule has 4 rings (SSSR count). The summed E-state index contributed by atoms with van der Waals surface area (Å²) >= 11 is 0. The lowest BCUT2D eigenvalue weighted by atomic mass is 10.0. The molecule has 0 aliphatic carbocycles. The molecule has 0 unspecified atom stereocenters. The molecule has 0 radical (unpaired) electrons. The van der Waals surface area contributed by atoms with Gasteiger partial charge in [-0.1, -0.05) is 30.3 Å². The first-order chi connectivity index (χ1) is 12.4. The molecule has 26 heavy (non-hydrogen) atoms. The summed E-state index contributed by atoms with van der Waals surface area (Å²) in [7, 11) is -1.74. The highest BCUT2D eigenvalue weighted by molar-refractivity contribution is 7.93. The largest absolute Gasteiger partial charge is 0.347 e. The Hall–Kier alpha value is -2.31. The summed E-state index contributed by atoms with van der Waals surface area (Å²) < 4.78 is 30.8. The van der Waals surface area contributed by atoms with Gasteiger partial charge in [0.15, 0.2) is 0 Å². The minimum atomic E-state index is -3.65. The van der Waals surface area contributed by atoms with Crippen LogP contribution in [0.4, 0.5) is 5.69 Å². The summed E-state index contributed by atoms with van der Waals surface area (Å²) in [5.74, 6) is 0. The lowest BCUT2D eigenvalue weighted by molar-refractivity contribution is 0.586. The fourth-order valence-electron chi connectivity index (χ4n) is 3.91. The second kappa shape index (κ2) is 6.14. The van der Waals surface area contributed by atoms with E-state index in [9.17, 15) is 8.42 Å². The minimum absolute atomic E-state index is 0.409. The molecule has 2 aromatic carbocycles. The number of fused-ring (bicyclic) bond motifs is 2. The molecule has 5 nitrogen and oxygen atoms in total. The van der Waals surface area contributed by atoms with Gasteiger partial charge in [0.05, 0.1) is 5.69 Å². The van der Waals surface area contributed by atoms with Crippen LogP contribution in [0, 0.1) is 6.92 Å². The number of nitrogens with two attached hydrogens (primary N) is 1. The number of anilines is 1. The maximum absolute atomic E-state index is 13.6. The Balaban J connectivity index is 1.92. The van der Waals surface area contributed by atoms with Crippen molar-refractivity contribution in [3.05, 3.63) is 59.3 Å². The van der Waals surface area contributed by atoms with Crippen LogP contribution in [0.1, 0.15) is 23.2 Å². The van der Waals surface area contributed by atoms with Crippen molar-refractivity contribution in [2.75, 3.05) is 10.8 Å². The minimum Gasteiger partial charge on any atom is -0.347 e. The molecule has 1 aliphatic rings. The van der Waals surface area contributed by atoms with E-state index in [0.717, 1.165) is 46.3 Å². The Morgan fingerprint density at radius 3 is 2.69 bits per heavy atom. The van der Waals surface area contributed by atoms with E-state index in [2.05, 4.69) is 0 Å². The van der Waals surface area contributed by atoms with Crippen molar-refractivity contribution < 1.29 is 8.42 Å². The zero-order valence-corrected chi connectivity index (χ0v) is 15.9. The molecule has 2 N–H and O–H groups in total. The summed E-state index contributed by atoms with van der Waals surface area (Å²) in [6.45, 7) is 2.83. The number of para-hydroxylation sites is 1. The second-order valence-electron chi connectivity index (χ2n) is 6.84. The first-order valence-electron chi connectivity index (χ1n) is 8.84. The van der Waals surface area contributed by atoms with E-state index in [1.165, 1.54) is 0 Å². The van der Waals surface area contributed by atoms with Gasteiger partial charge in [0.2, 0.25) is 0 Å². The molecule has 0 bridgehead atoms. The van der Waals surface area contributed by atoms with Crippen molar-refractivity contribution >= 4 is 26.6 Å². The topological polar surface area (TPSA) is 68.3 Å². The smallest absolute Gasteiger partial charge is 0.266 e. The monoisotopic (exact) mass is 369 g/mol. The molecule has 0 spiro atoms. The van der Waals surface area contributed by atoms with Gasteiger partial charge in [-0.25, -0.2) is 8.42 Å². The first kappa shape index (κ1) is 17.1. The third-order valence-corrected chi connectivity index (χ3v) is 7.34. The third-order valence-electron chi connectivity index (χ3n) is 5.35. The van der Waals surface area contributed by atoms with Gasteiger partial charge in [0, 0.05) is 36.7 Å². The van der Waals surface area contributed by atoms with Gasteiger partial charge in [0.1, 0.15) is 4.90 Å². The number of aromatic nitrogens is 1. The molecule has 0 fully saturated rings. The van der Waals surface area contributed by atoms with Crippen LogP contribution in [0.2, 0.25) is 0 Å². The van der Waals surface area contributed by atoms with E-state index < -0.39 is 10.0 Å². The SMILES string of the molecule is Cc1c(S(=O)(=O)N2CCCc3cc(CN)ccc32)c2ccccc2n1C. The van der Waals surface area contributed by atoms with Crippen LogP contribution in [0.3, 0.4) is 0 Å². The highest BCUT2D eigenvalue weighted by Gasteiger charge is 2.33. The zero-order chi connectivity index (χ0) is 18.5. The maximum Gasteiger partial charge on any atom is 0.266 e. The number of aryl methyl sites for hydroxylation is 2. The molecule has 0 saturated carbocycles. The summed E-state index contributed by atoms with van der Waals surface area (Å²) in [5.41, 5.74) is 10.3. The Bertz CT molecular complexity index is 1100. The van der Waals surface area contributed by atoms with Crippen LogP contribution in [0.15, 0.2) is 47.4 Å². The fourth-order valence-corrected chi connectivity index (χ4v) is 5.90. The van der Waals surface area contributed by atoms with Crippen LogP contribution in [0.25, 0.3) is 10.9 Å². The van der Waals surface area contributed by atoms with Crippen LogP contribution >= 0.6 is 0 Å². The van der Waals surface area contributed by atoms with Gasteiger partial charge >= 0.3 is 0 Å². The standard InChI is InChI=1S/C20H23N3O2S/c1-14-20(17-7-3-4-8-19(17)22(14)2)26(24,25)23-11-5-6-16-12-15(13-21)9-10-18(16)23/h3-4,7-10,12H,5-6,11,13,21H2,1-2H3. The van der Waals surface area contributed by atoms with Crippen molar-refractivity contribution in [2.24, 2.45) is 12.8 Å². The van der Waals surface area contributed by atoms with Crippen molar-refractivity contribution in [3.63, 3.8) is 0 Å². The Kier molecular flexibility index (Phi) is 4.04. The second-order valence-corrected chi connectivity index (χ2v) is 8.64. The molecule has 1 aliphatic heterocycles. The molecule has 3 aromatic rings. The van der Waals surface area contributed by atoms with E-state index in [0.29, 0.717) is 18.0 Å². The van der Waals surface area contributed by atoms with E-state index in [1.54, 1.807) is 4.31 Å². The van der Waals surface area contributed by atoms with Gasteiger partial charge in [0.25, 0.3) is 10.0 Å². The number of hydrogen-bond donors (Lipinski definition) is 1. The summed E-state index contributed by atoms with van der Waals surface area (Å²) in [5, 5.41) is 0.776. The van der Waals surface area contributed by atoms with E-state index in [4.69, 9.17) is 5.73 Å². The zero-order valence-electron chi connectivity index (χ0n) is 15.1. The molecule has 6 heteroatoms. The fraction of sp³-hybridized carbons (Fsp3) is 0.300. The van der Waals surface area contributed by atoms with Crippen LogP contribution in [-0.4, -0.2) is 19.5 Å². The molecule has 2 heterocycles. The molecular weight excluding hydrogens is 346 g/mol.